The summed E-state index contributed by atoms with van der Waals surface area (Å²) in [4.78, 5) is 41.3. The summed E-state index contributed by atoms with van der Waals surface area (Å²) in [6, 6.07) is 20.3. The SMILES string of the molecule is O=C(O[C@@H]1[C@@H](OC(=O)c2ccccc2)[C@H](Oc2ccc(OCC(OCCCC(F)(F)C(F)(F)C(F)(F)C(F)(F)C(F)(F)C(F)(F)C(F)(F)C(F)(F)F)C(COCCCC(F)(F)C(F)(F)C(F)(F)C(F)(F)C(F)(F)C(F)(F)C(F)(F)C(F)(F)F)OCCCC(F)(F)C(F)(F)C(F)(F)C(F)(F)C(F)(F)C(F)(F)C(F)(F)C(F)(F)F)cc2)O[C@H](CO)[C@H]1OC(=O)c1ccccc1)c1ccccc1. The van der Waals surface area contributed by atoms with Gasteiger partial charge in [-0.3, -0.25) is 0 Å². The van der Waals surface area contributed by atoms with Gasteiger partial charge in [0, 0.05) is 39.1 Å². The Bertz CT molecular complexity index is 4530. The van der Waals surface area contributed by atoms with Crippen LogP contribution in [0.4, 0.5) is 224 Å². The number of ether oxygens (including phenoxy) is 9. The molecule has 7 atom stereocenters. The minimum absolute atomic E-state index is 0.281. The van der Waals surface area contributed by atoms with E-state index in [4.69, 9.17) is 37.9 Å². The van der Waals surface area contributed by atoms with E-state index in [0.717, 1.165) is 36.4 Å². The van der Waals surface area contributed by atoms with Crippen molar-refractivity contribution in [3.8, 4) is 11.5 Å². The van der Waals surface area contributed by atoms with Crippen LogP contribution < -0.4 is 9.47 Å². The first-order valence-electron chi connectivity index (χ1n) is 35.4. The van der Waals surface area contributed by atoms with Crippen molar-refractivity contribution in [1.29, 1.82) is 0 Å². The summed E-state index contributed by atoms with van der Waals surface area (Å²) in [5, 5.41) is 10.7. The minimum Gasteiger partial charge on any atom is -0.491 e. The lowest BCUT2D eigenvalue weighted by molar-refractivity contribution is -0.461. The van der Waals surface area contributed by atoms with Crippen LogP contribution in [0.2, 0.25) is 0 Å². The third-order valence-corrected chi connectivity index (χ3v) is 18.8. The smallest absolute Gasteiger partial charge is 0.460 e. The van der Waals surface area contributed by atoms with Crippen LogP contribution in [0.1, 0.15) is 69.6 Å². The number of hydrogen-bond donors (Lipinski definition) is 1. The topological polar surface area (TPSA) is 155 Å². The molecule has 64 heteroatoms. The van der Waals surface area contributed by atoms with E-state index in [-0.39, 0.29) is 16.7 Å². The molecule has 1 saturated heterocycles. The van der Waals surface area contributed by atoms with Crippen LogP contribution in [-0.4, -0.2) is 248 Å². The van der Waals surface area contributed by atoms with E-state index >= 15 is 35.1 Å². The summed E-state index contributed by atoms with van der Waals surface area (Å²) < 4.78 is 768. The van der Waals surface area contributed by atoms with Gasteiger partial charge in [-0.15, -0.1) is 0 Å². The second kappa shape index (κ2) is 38.8. The minimum atomic E-state index is -9.31. The first-order chi connectivity index (χ1) is 60.0. The van der Waals surface area contributed by atoms with Gasteiger partial charge in [-0.1, -0.05) is 54.6 Å². The molecular formula is C70H51F51O13. The zero-order valence-electron chi connectivity index (χ0n) is 64.1. The van der Waals surface area contributed by atoms with E-state index in [1.165, 1.54) is 54.6 Å². The molecule has 766 valence electrons. The van der Waals surface area contributed by atoms with Crippen molar-refractivity contribution in [3.63, 3.8) is 0 Å². The Morgan fingerprint density at radius 1 is 0.284 bits per heavy atom. The maximum Gasteiger partial charge on any atom is 0.460 e. The van der Waals surface area contributed by atoms with Gasteiger partial charge in [0.15, 0.2) is 12.2 Å². The fraction of sp³-hybridized carbons (Fsp3) is 0.614. The first-order valence-corrected chi connectivity index (χ1v) is 35.4. The molecule has 1 aliphatic rings. The Kier molecular flexibility index (Phi) is 33.5. The lowest BCUT2D eigenvalue weighted by Gasteiger charge is -2.44. The Morgan fingerprint density at radius 2 is 0.522 bits per heavy atom. The molecule has 134 heavy (non-hydrogen) atoms. The molecule has 1 N–H and O–H groups in total. The number of esters is 3. The monoisotopic (exact) mass is 2070 g/mol. The van der Waals surface area contributed by atoms with Crippen LogP contribution in [0.5, 0.6) is 11.5 Å². The van der Waals surface area contributed by atoms with Crippen LogP contribution in [-0.2, 0) is 33.2 Å². The van der Waals surface area contributed by atoms with Gasteiger partial charge in [-0.25, -0.2) is 14.4 Å². The van der Waals surface area contributed by atoms with Crippen molar-refractivity contribution in [2.75, 3.05) is 39.6 Å². The zero-order chi connectivity index (χ0) is 104. The molecule has 0 spiro atoms. The summed E-state index contributed by atoms with van der Waals surface area (Å²) in [7, 11) is 0. The van der Waals surface area contributed by atoms with Crippen LogP contribution in [0, 0.1) is 0 Å². The van der Waals surface area contributed by atoms with Gasteiger partial charge in [0.1, 0.15) is 36.4 Å². The number of halogens is 51. The van der Waals surface area contributed by atoms with Gasteiger partial charge >= 0.3 is 161 Å². The summed E-state index contributed by atoms with van der Waals surface area (Å²) in [6.45, 7) is -12.9. The first kappa shape index (κ1) is 116. The lowest BCUT2D eigenvalue weighted by Crippen LogP contribution is -2.74. The summed E-state index contributed by atoms with van der Waals surface area (Å²) in [5.41, 5.74) is -0.988. The molecular weight excluding hydrogens is 2020 g/mol. The normalized spacial score (nSPS) is 18.7. The summed E-state index contributed by atoms with van der Waals surface area (Å²) in [5.74, 6) is -190. The second-order valence-electron chi connectivity index (χ2n) is 28.0. The Balaban J connectivity index is 1.66. The van der Waals surface area contributed by atoms with Gasteiger partial charge in [0.05, 0.1) is 29.9 Å². The molecule has 1 aliphatic heterocycles. The molecule has 0 saturated carbocycles. The van der Waals surface area contributed by atoms with Crippen LogP contribution in [0.15, 0.2) is 115 Å². The quantitative estimate of drug-likeness (QED) is 0.0193. The van der Waals surface area contributed by atoms with E-state index in [1.807, 2.05) is 0 Å². The van der Waals surface area contributed by atoms with Crippen LogP contribution >= 0.6 is 0 Å². The van der Waals surface area contributed by atoms with Gasteiger partial charge in [0.2, 0.25) is 12.4 Å². The molecule has 0 aromatic heterocycles. The summed E-state index contributed by atoms with van der Waals surface area (Å²) >= 11 is 0. The highest BCUT2D eigenvalue weighted by Gasteiger charge is 2.99. The van der Waals surface area contributed by atoms with Gasteiger partial charge < -0.3 is 47.7 Å². The molecule has 1 fully saturated rings. The molecule has 0 bridgehead atoms. The molecule has 4 aromatic carbocycles. The Hall–Kier alpha value is -8.88. The van der Waals surface area contributed by atoms with Crippen LogP contribution in [0.25, 0.3) is 0 Å². The largest absolute Gasteiger partial charge is 0.491 e. The predicted molar refractivity (Wildman–Crippen MR) is 335 cm³/mol. The Morgan fingerprint density at radius 3 is 0.799 bits per heavy atom. The zero-order valence-corrected chi connectivity index (χ0v) is 64.1. The molecule has 0 radical (unpaired) electrons. The maximum absolute atomic E-state index is 15.2. The van der Waals surface area contributed by atoms with E-state index in [2.05, 4.69) is 4.74 Å². The third kappa shape index (κ3) is 20.7. The van der Waals surface area contributed by atoms with E-state index in [1.54, 1.807) is 0 Å². The second-order valence-corrected chi connectivity index (χ2v) is 28.0. The van der Waals surface area contributed by atoms with Crippen molar-refractivity contribution < 1.29 is 286 Å². The average molecular weight is 2070 g/mol. The molecule has 5 rings (SSSR count). The number of carbonyl (C=O) groups is 3. The highest BCUT2D eigenvalue weighted by atomic mass is 19.5. The van der Waals surface area contributed by atoms with Gasteiger partial charge in [-0.05, 0) is 79.9 Å². The molecule has 2 unspecified atom stereocenters. The third-order valence-electron chi connectivity index (χ3n) is 18.8. The number of rotatable bonds is 47. The number of aliphatic hydroxyl groups excluding tert-OH is 1. The van der Waals surface area contributed by atoms with Crippen molar-refractivity contribution in [1.82, 2.24) is 0 Å². The molecule has 0 amide bonds. The van der Waals surface area contributed by atoms with E-state index in [9.17, 15) is 208 Å². The molecule has 4 aromatic rings. The number of hydrogen-bond acceptors (Lipinski definition) is 13. The molecule has 1 heterocycles. The maximum atomic E-state index is 15.2. The number of aliphatic hydroxyl groups is 1. The number of alkyl halides is 51. The van der Waals surface area contributed by atoms with E-state index < -0.39 is 293 Å². The van der Waals surface area contributed by atoms with Crippen molar-refractivity contribution >= 4 is 17.9 Å². The predicted octanol–water partition coefficient (Wildman–Crippen LogP) is 23.0. The van der Waals surface area contributed by atoms with Crippen molar-refractivity contribution in [2.45, 2.75) is 224 Å². The Labute approximate surface area is 710 Å². The summed E-state index contributed by atoms with van der Waals surface area (Å²) in [6.07, 6.45) is -61.0. The molecule has 0 aliphatic carbocycles. The van der Waals surface area contributed by atoms with Gasteiger partial charge in [-0.2, -0.15) is 224 Å². The highest BCUT2D eigenvalue weighted by molar-refractivity contribution is 5.91. The molecule has 13 nitrogen and oxygen atoms in total. The van der Waals surface area contributed by atoms with Gasteiger partial charge in [0.25, 0.3) is 0 Å². The van der Waals surface area contributed by atoms with E-state index in [0.29, 0.717) is 24.3 Å². The van der Waals surface area contributed by atoms with Crippen molar-refractivity contribution in [2.24, 2.45) is 0 Å². The number of benzene rings is 4. The van der Waals surface area contributed by atoms with Crippen LogP contribution in [0.3, 0.4) is 0 Å². The lowest BCUT2D eigenvalue weighted by atomic mass is 9.88. The average Bonchev–Trinajstić information content (AvgIpc) is 0.701. The highest BCUT2D eigenvalue weighted by Crippen LogP contribution is 2.69. The number of carbonyl (C=O) groups excluding carboxylic acids is 3. The fourth-order valence-corrected chi connectivity index (χ4v) is 11.0. The fourth-order valence-electron chi connectivity index (χ4n) is 11.0. The van der Waals surface area contributed by atoms with Crippen molar-refractivity contribution in [3.05, 3.63) is 132 Å². The standard InChI is InChI=1S/C70H51F51O13/c71-47(72,50(77,78)53(83,84)56(89,90)59(95,96)62(101,102)65(107,108)68(113,114)115)23-10-26-126-30-38(127-27-11-24-48(73,74)51(79,80)54(85,86)57(91,92)60(97,98)63(103,104)66(109,110)69(116,117)118)39(128-28-12-25-49(75,76)52(81,82)55(87,88)58(93,94)61(99,100)64(105,106)67(111,112)70(119,120)121)31-129-35-19-21-36(22-20-35)130-46-42(134-45(125)34-17-8-3-9-18-34)41(133-44(124)33-15-6-2-7-16-33)40(37(29-122)131-46)132-43(123)32-13-4-1-5-14-32/h1-9,13-22,37-42,46,122H,10-12,23-31H2/t37-,38?,39?,40-,41+,42-,46-/m1/s1.